The summed E-state index contributed by atoms with van der Waals surface area (Å²) >= 11 is 0. The summed E-state index contributed by atoms with van der Waals surface area (Å²) in [5, 5.41) is 4.98. The maximum Gasteiger partial charge on any atom is 0.322 e. The lowest BCUT2D eigenvalue weighted by Gasteiger charge is -2.21. The molecular formula is C15H18N2O4. The second-order valence-electron chi connectivity index (χ2n) is 4.56. The molecule has 6 nitrogen and oxygen atoms in total. The highest BCUT2D eigenvalue weighted by molar-refractivity contribution is 6.05. The molecule has 0 unspecified atom stereocenters. The predicted molar refractivity (Wildman–Crippen MR) is 76.7 cm³/mol. The highest BCUT2D eigenvalue weighted by Crippen LogP contribution is 2.28. The van der Waals surface area contributed by atoms with Crippen LogP contribution in [0.4, 0.5) is 4.79 Å². The van der Waals surface area contributed by atoms with Gasteiger partial charge in [0, 0.05) is 0 Å². The number of urea groups is 1. The number of imide groups is 1. The molecule has 3 amide bonds. The SMILES string of the molecule is CCOC1=C(C)C(=O)NC(=O)N[C@H]1c1ccc(OC)cc1. The molecule has 0 aromatic heterocycles. The van der Waals surface area contributed by atoms with Crippen molar-refractivity contribution in [1.29, 1.82) is 0 Å². The van der Waals surface area contributed by atoms with E-state index in [1.807, 2.05) is 19.1 Å². The van der Waals surface area contributed by atoms with Crippen LogP contribution >= 0.6 is 0 Å². The van der Waals surface area contributed by atoms with Crippen molar-refractivity contribution in [1.82, 2.24) is 10.6 Å². The van der Waals surface area contributed by atoms with Crippen molar-refractivity contribution >= 4 is 11.9 Å². The molecule has 6 heteroatoms. The van der Waals surface area contributed by atoms with Crippen molar-refractivity contribution in [3.63, 3.8) is 0 Å². The van der Waals surface area contributed by atoms with Crippen LogP contribution in [0.25, 0.3) is 0 Å². The maximum atomic E-state index is 11.9. The Morgan fingerprint density at radius 1 is 1.19 bits per heavy atom. The number of carbonyl (C=O) groups excluding carboxylic acids is 2. The molecule has 1 heterocycles. The maximum absolute atomic E-state index is 11.9. The summed E-state index contributed by atoms with van der Waals surface area (Å²) in [7, 11) is 1.58. The number of hydrogen-bond donors (Lipinski definition) is 2. The van der Waals surface area contributed by atoms with Gasteiger partial charge in [0.2, 0.25) is 0 Å². The van der Waals surface area contributed by atoms with E-state index in [0.717, 1.165) is 5.56 Å². The van der Waals surface area contributed by atoms with Gasteiger partial charge >= 0.3 is 6.03 Å². The fourth-order valence-corrected chi connectivity index (χ4v) is 2.14. The van der Waals surface area contributed by atoms with Crippen molar-refractivity contribution in [2.24, 2.45) is 0 Å². The van der Waals surface area contributed by atoms with Crippen LogP contribution in [-0.2, 0) is 9.53 Å². The standard InChI is InChI=1S/C15H18N2O4/c1-4-21-13-9(2)14(18)17-15(19)16-12(13)10-5-7-11(20-3)8-6-10/h5-8,12H,4H2,1-3H3,(H2,16,17,18,19)/t12-/m0/s1. The molecule has 1 aromatic carbocycles. The lowest BCUT2D eigenvalue weighted by Crippen LogP contribution is -2.38. The van der Waals surface area contributed by atoms with E-state index < -0.39 is 18.0 Å². The summed E-state index contributed by atoms with van der Waals surface area (Å²) < 4.78 is 10.7. The van der Waals surface area contributed by atoms with Gasteiger partial charge in [-0.3, -0.25) is 10.1 Å². The Morgan fingerprint density at radius 2 is 1.86 bits per heavy atom. The Morgan fingerprint density at radius 3 is 2.43 bits per heavy atom. The first-order valence-corrected chi connectivity index (χ1v) is 6.66. The van der Waals surface area contributed by atoms with Gasteiger partial charge in [-0.05, 0) is 31.5 Å². The van der Waals surface area contributed by atoms with Crippen LogP contribution in [0.1, 0.15) is 25.5 Å². The van der Waals surface area contributed by atoms with E-state index in [1.165, 1.54) is 0 Å². The molecule has 0 saturated heterocycles. The fraction of sp³-hybridized carbons (Fsp3) is 0.333. The number of benzene rings is 1. The van der Waals surface area contributed by atoms with Gasteiger partial charge in [-0.1, -0.05) is 12.1 Å². The second kappa shape index (κ2) is 6.30. The van der Waals surface area contributed by atoms with Crippen molar-refractivity contribution in [2.45, 2.75) is 19.9 Å². The van der Waals surface area contributed by atoms with Gasteiger partial charge in [-0.25, -0.2) is 4.79 Å². The average molecular weight is 290 g/mol. The van der Waals surface area contributed by atoms with Gasteiger partial charge in [-0.15, -0.1) is 0 Å². The Bertz CT molecular complexity index is 578. The summed E-state index contributed by atoms with van der Waals surface area (Å²) in [6, 6.07) is 6.18. The van der Waals surface area contributed by atoms with Crippen LogP contribution < -0.4 is 15.4 Å². The Balaban J connectivity index is 2.44. The molecule has 2 rings (SSSR count). The third-order valence-corrected chi connectivity index (χ3v) is 3.22. The van der Waals surface area contributed by atoms with Gasteiger partial charge in [-0.2, -0.15) is 0 Å². The third-order valence-electron chi connectivity index (χ3n) is 3.22. The largest absolute Gasteiger partial charge is 0.497 e. The molecule has 1 aromatic rings. The van der Waals surface area contributed by atoms with E-state index in [1.54, 1.807) is 26.2 Å². The van der Waals surface area contributed by atoms with Crippen LogP contribution in [0.3, 0.4) is 0 Å². The first-order valence-electron chi connectivity index (χ1n) is 6.66. The second-order valence-corrected chi connectivity index (χ2v) is 4.56. The molecule has 0 radical (unpaired) electrons. The van der Waals surface area contributed by atoms with Gasteiger partial charge in [0.25, 0.3) is 5.91 Å². The third kappa shape index (κ3) is 3.16. The number of rotatable bonds is 4. The molecule has 2 N–H and O–H groups in total. The Hall–Kier alpha value is -2.50. The van der Waals surface area contributed by atoms with Gasteiger partial charge in [0.05, 0.1) is 19.3 Å². The van der Waals surface area contributed by atoms with E-state index >= 15 is 0 Å². The molecule has 0 saturated carbocycles. The van der Waals surface area contributed by atoms with E-state index in [4.69, 9.17) is 9.47 Å². The minimum atomic E-state index is -0.546. The zero-order valence-corrected chi connectivity index (χ0v) is 12.2. The van der Waals surface area contributed by atoms with Crippen LogP contribution in [0.2, 0.25) is 0 Å². The normalized spacial score (nSPS) is 18.7. The number of nitrogens with one attached hydrogen (secondary N) is 2. The number of amides is 3. The van der Waals surface area contributed by atoms with Crippen LogP contribution in [0, 0.1) is 0 Å². The smallest absolute Gasteiger partial charge is 0.322 e. The molecule has 1 aliphatic heterocycles. The topological polar surface area (TPSA) is 76.7 Å². The zero-order valence-electron chi connectivity index (χ0n) is 12.2. The fourth-order valence-electron chi connectivity index (χ4n) is 2.14. The van der Waals surface area contributed by atoms with Gasteiger partial charge in [0.1, 0.15) is 17.6 Å². The van der Waals surface area contributed by atoms with Crippen molar-refractivity contribution in [3.8, 4) is 5.75 Å². The van der Waals surface area contributed by atoms with Crippen molar-refractivity contribution in [3.05, 3.63) is 41.2 Å². The number of ether oxygens (including phenoxy) is 2. The Labute approximate surface area is 123 Å². The first-order chi connectivity index (χ1) is 10.1. The Kier molecular flexibility index (Phi) is 4.47. The molecule has 112 valence electrons. The van der Waals surface area contributed by atoms with E-state index in [-0.39, 0.29) is 0 Å². The van der Waals surface area contributed by atoms with Crippen molar-refractivity contribution < 1.29 is 19.1 Å². The summed E-state index contributed by atoms with van der Waals surface area (Å²) in [4.78, 5) is 23.6. The predicted octanol–water partition coefficient (Wildman–Crippen LogP) is 1.89. The monoisotopic (exact) mass is 290 g/mol. The average Bonchev–Trinajstić information content (AvgIpc) is 2.59. The molecule has 0 bridgehead atoms. The number of hydrogen-bond acceptors (Lipinski definition) is 4. The van der Waals surface area contributed by atoms with E-state index in [2.05, 4.69) is 10.6 Å². The molecule has 0 aliphatic carbocycles. The lowest BCUT2D eigenvalue weighted by molar-refractivity contribution is -0.116. The van der Waals surface area contributed by atoms with Crippen molar-refractivity contribution in [2.75, 3.05) is 13.7 Å². The summed E-state index contributed by atoms with van der Waals surface area (Å²) in [6.45, 7) is 3.87. The van der Waals surface area contributed by atoms with E-state index in [0.29, 0.717) is 23.7 Å². The first kappa shape index (κ1) is 14.9. The minimum Gasteiger partial charge on any atom is -0.497 e. The van der Waals surface area contributed by atoms with Crippen LogP contribution in [0.5, 0.6) is 5.75 Å². The molecule has 1 aliphatic rings. The molecular weight excluding hydrogens is 272 g/mol. The number of methoxy groups -OCH3 is 1. The molecule has 0 spiro atoms. The molecule has 0 fully saturated rings. The van der Waals surface area contributed by atoms with Crippen LogP contribution in [-0.4, -0.2) is 25.7 Å². The number of carbonyl (C=O) groups is 2. The quantitative estimate of drug-likeness (QED) is 0.887. The van der Waals surface area contributed by atoms with Crippen LogP contribution in [0.15, 0.2) is 35.6 Å². The summed E-state index contributed by atoms with van der Waals surface area (Å²) in [5.74, 6) is 0.713. The minimum absolute atomic E-state index is 0.385. The highest BCUT2D eigenvalue weighted by atomic mass is 16.5. The molecule has 21 heavy (non-hydrogen) atoms. The van der Waals surface area contributed by atoms with Gasteiger partial charge < -0.3 is 14.8 Å². The zero-order chi connectivity index (χ0) is 15.4. The van der Waals surface area contributed by atoms with Gasteiger partial charge in [0.15, 0.2) is 0 Å². The molecule has 1 atom stereocenters. The van der Waals surface area contributed by atoms with E-state index in [9.17, 15) is 9.59 Å². The summed E-state index contributed by atoms with van der Waals surface area (Å²) in [6.07, 6.45) is 0. The highest BCUT2D eigenvalue weighted by Gasteiger charge is 2.29. The lowest BCUT2D eigenvalue weighted by atomic mass is 10.0. The summed E-state index contributed by atoms with van der Waals surface area (Å²) in [5.41, 5.74) is 1.19.